The monoisotopic (exact) mass is 410 g/mol. The highest BCUT2D eigenvalue weighted by atomic mass is 32.1. The van der Waals surface area contributed by atoms with Crippen LogP contribution >= 0.6 is 22.7 Å². The van der Waals surface area contributed by atoms with Crippen molar-refractivity contribution in [2.75, 3.05) is 18.5 Å². The molecule has 0 spiro atoms. The minimum absolute atomic E-state index is 0.158. The maximum atomic E-state index is 12.4. The van der Waals surface area contributed by atoms with Gasteiger partial charge < -0.3 is 14.8 Å². The summed E-state index contributed by atoms with van der Waals surface area (Å²) in [6.07, 6.45) is 1.91. The summed E-state index contributed by atoms with van der Waals surface area (Å²) < 4.78 is 12.1. The van der Waals surface area contributed by atoms with Crippen molar-refractivity contribution in [1.29, 1.82) is 0 Å². The quantitative estimate of drug-likeness (QED) is 0.551. The van der Waals surface area contributed by atoms with Gasteiger partial charge in [0.15, 0.2) is 16.6 Å². The minimum Gasteiger partial charge on any atom is -0.486 e. The first-order chi connectivity index (χ1) is 13.7. The van der Waals surface area contributed by atoms with Crippen LogP contribution in [0.25, 0.3) is 20.9 Å². The Hall–Kier alpha value is -3.04. The first kappa shape index (κ1) is 17.1. The van der Waals surface area contributed by atoms with Gasteiger partial charge in [0.2, 0.25) is 5.91 Å². The van der Waals surface area contributed by atoms with Gasteiger partial charge in [0.05, 0.1) is 28.0 Å². The Bertz CT molecular complexity index is 1110. The van der Waals surface area contributed by atoms with Crippen LogP contribution < -0.4 is 14.8 Å². The number of benzene rings is 1. The van der Waals surface area contributed by atoms with E-state index in [1.165, 1.54) is 22.7 Å². The number of hydrogen-bond donors (Lipinski definition) is 1. The SMILES string of the molecule is O=C(Cc1csc(-c2ccccn2)n1)Nc1nc2cc3c(cc2s1)OCCO3. The fourth-order valence-electron chi connectivity index (χ4n) is 2.84. The summed E-state index contributed by atoms with van der Waals surface area (Å²) in [6.45, 7) is 1.06. The topological polar surface area (TPSA) is 86.2 Å². The van der Waals surface area contributed by atoms with E-state index in [2.05, 4.69) is 20.3 Å². The van der Waals surface area contributed by atoms with Crippen LogP contribution in [0.2, 0.25) is 0 Å². The Kier molecular flexibility index (Phi) is 4.38. The number of anilines is 1. The average molecular weight is 410 g/mol. The Balaban J connectivity index is 1.30. The molecule has 140 valence electrons. The number of nitrogens with zero attached hydrogens (tertiary/aromatic N) is 3. The molecule has 3 aromatic heterocycles. The summed E-state index contributed by atoms with van der Waals surface area (Å²) in [5, 5.41) is 6.08. The number of nitrogens with one attached hydrogen (secondary N) is 1. The second kappa shape index (κ2) is 7.17. The van der Waals surface area contributed by atoms with Crippen LogP contribution in [0.4, 0.5) is 5.13 Å². The summed E-state index contributed by atoms with van der Waals surface area (Å²) in [7, 11) is 0. The highest BCUT2D eigenvalue weighted by Crippen LogP contribution is 2.37. The van der Waals surface area contributed by atoms with Crippen molar-refractivity contribution in [1.82, 2.24) is 15.0 Å². The first-order valence-corrected chi connectivity index (χ1v) is 10.3. The van der Waals surface area contributed by atoms with E-state index < -0.39 is 0 Å². The van der Waals surface area contributed by atoms with E-state index in [-0.39, 0.29) is 12.3 Å². The van der Waals surface area contributed by atoms with Gasteiger partial charge in [-0.25, -0.2) is 9.97 Å². The fourth-order valence-corrected chi connectivity index (χ4v) is 4.53. The van der Waals surface area contributed by atoms with Crippen LogP contribution in [0, 0.1) is 0 Å². The Labute approximate surface area is 168 Å². The molecular formula is C19H14N4O3S2. The van der Waals surface area contributed by atoms with E-state index in [1.54, 1.807) is 6.20 Å². The van der Waals surface area contributed by atoms with Gasteiger partial charge in [0.25, 0.3) is 0 Å². The molecule has 0 atom stereocenters. The number of fused-ring (bicyclic) bond motifs is 2. The lowest BCUT2D eigenvalue weighted by atomic mass is 10.3. The third-order valence-electron chi connectivity index (χ3n) is 4.08. The Morgan fingerprint density at radius 3 is 2.82 bits per heavy atom. The number of aromatic nitrogens is 3. The lowest BCUT2D eigenvalue weighted by molar-refractivity contribution is -0.115. The van der Waals surface area contributed by atoms with Gasteiger partial charge in [-0.15, -0.1) is 11.3 Å². The molecule has 9 heteroatoms. The number of amides is 1. The highest BCUT2D eigenvalue weighted by molar-refractivity contribution is 7.22. The molecule has 0 unspecified atom stereocenters. The molecule has 28 heavy (non-hydrogen) atoms. The molecule has 5 rings (SSSR count). The maximum absolute atomic E-state index is 12.4. The van der Waals surface area contributed by atoms with Crippen molar-refractivity contribution in [2.24, 2.45) is 0 Å². The fraction of sp³-hybridized carbons (Fsp3) is 0.158. The normalized spacial score (nSPS) is 12.9. The second-order valence-corrected chi connectivity index (χ2v) is 7.96. The molecule has 4 aromatic rings. The predicted octanol–water partition coefficient (Wildman–Crippen LogP) is 3.77. The van der Waals surface area contributed by atoms with Gasteiger partial charge >= 0.3 is 0 Å². The standard InChI is InChI=1S/C19H14N4O3S2/c24-17(7-11-10-27-18(21-11)12-3-1-2-4-20-12)23-19-22-13-8-14-15(9-16(13)28-19)26-6-5-25-14/h1-4,8-10H,5-7H2,(H,22,23,24). The molecule has 1 amide bonds. The van der Waals surface area contributed by atoms with Crippen molar-refractivity contribution in [2.45, 2.75) is 6.42 Å². The number of thiazole rings is 2. The van der Waals surface area contributed by atoms with Crippen molar-refractivity contribution >= 4 is 43.9 Å². The highest BCUT2D eigenvalue weighted by Gasteiger charge is 2.16. The molecule has 1 aliphatic heterocycles. The van der Waals surface area contributed by atoms with E-state index in [9.17, 15) is 4.79 Å². The molecule has 7 nitrogen and oxygen atoms in total. The van der Waals surface area contributed by atoms with Crippen LogP contribution in [0.15, 0.2) is 41.9 Å². The van der Waals surface area contributed by atoms with Gasteiger partial charge in [0, 0.05) is 23.7 Å². The zero-order chi connectivity index (χ0) is 18.9. The predicted molar refractivity (Wildman–Crippen MR) is 108 cm³/mol. The molecule has 0 saturated heterocycles. The second-order valence-electron chi connectivity index (χ2n) is 6.07. The van der Waals surface area contributed by atoms with Gasteiger partial charge in [-0.1, -0.05) is 17.4 Å². The average Bonchev–Trinajstić information content (AvgIpc) is 3.32. The minimum atomic E-state index is -0.158. The molecule has 0 fully saturated rings. The lowest BCUT2D eigenvalue weighted by Crippen LogP contribution is -2.15. The largest absolute Gasteiger partial charge is 0.486 e. The van der Waals surface area contributed by atoms with Gasteiger partial charge in [-0.3, -0.25) is 9.78 Å². The van der Waals surface area contributed by atoms with Gasteiger partial charge in [-0.2, -0.15) is 0 Å². The van der Waals surface area contributed by atoms with Crippen molar-refractivity contribution in [3.8, 4) is 22.2 Å². The van der Waals surface area contributed by atoms with E-state index in [0.29, 0.717) is 35.5 Å². The van der Waals surface area contributed by atoms with E-state index in [0.717, 1.165) is 20.9 Å². The number of carbonyl (C=O) groups is 1. The van der Waals surface area contributed by atoms with E-state index >= 15 is 0 Å². The Morgan fingerprint density at radius 1 is 1.14 bits per heavy atom. The number of carbonyl (C=O) groups excluding carboxylic acids is 1. The summed E-state index contributed by atoms with van der Waals surface area (Å²) in [4.78, 5) is 25.7. The molecule has 0 bridgehead atoms. The van der Waals surface area contributed by atoms with E-state index in [4.69, 9.17) is 9.47 Å². The summed E-state index contributed by atoms with van der Waals surface area (Å²) in [6, 6.07) is 9.42. The Morgan fingerprint density at radius 2 is 2.00 bits per heavy atom. The first-order valence-electron chi connectivity index (χ1n) is 8.60. The molecule has 0 aliphatic carbocycles. The molecule has 1 aliphatic rings. The van der Waals surface area contributed by atoms with Crippen molar-refractivity contribution in [3.63, 3.8) is 0 Å². The van der Waals surface area contributed by atoms with Crippen LogP contribution in [0.1, 0.15) is 5.69 Å². The summed E-state index contributed by atoms with van der Waals surface area (Å²) in [5.41, 5.74) is 2.29. The zero-order valence-corrected chi connectivity index (χ0v) is 16.2. The number of pyridine rings is 1. The van der Waals surface area contributed by atoms with Crippen molar-refractivity contribution in [3.05, 3.63) is 47.6 Å². The molecule has 1 aromatic carbocycles. The molecule has 1 N–H and O–H groups in total. The molecule has 0 saturated carbocycles. The lowest BCUT2D eigenvalue weighted by Gasteiger charge is -2.17. The number of hydrogen-bond acceptors (Lipinski definition) is 8. The van der Waals surface area contributed by atoms with Crippen molar-refractivity contribution < 1.29 is 14.3 Å². The third kappa shape index (κ3) is 3.41. The van der Waals surface area contributed by atoms with Crippen LogP contribution in [-0.2, 0) is 11.2 Å². The van der Waals surface area contributed by atoms with Crippen LogP contribution in [0.3, 0.4) is 0 Å². The number of rotatable bonds is 4. The molecule has 0 radical (unpaired) electrons. The summed E-state index contributed by atoms with van der Waals surface area (Å²) >= 11 is 2.88. The number of ether oxygens (including phenoxy) is 2. The zero-order valence-electron chi connectivity index (χ0n) is 14.5. The molecular weight excluding hydrogens is 396 g/mol. The van der Waals surface area contributed by atoms with Gasteiger partial charge in [-0.05, 0) is 12.1 Å². The van der Waals surface area contributed by atoms with Crippen LogP contribution in [-0.4, -0.2) is 34.1 Å². The van der Waals surface area contributed by atoms with Crippen LogP contribution in [0.5, 0.6) is 11.5 Å². The maximum Gasteiger partial charge on any atom is 0.232 e. The van der Waals surface area contributed by atoms with Gasteiger partial charge in [0.1, 0.15) is 18.2 Å². The molecule has 4 heterocycles. The van der Waals surface area contributed by atoms with E-state index in [1.807, 2.05) is 35.7 Å². The summed E-state index contributed by atoms with van der Waals surface area (Å²) in [5.74, 6) is 1.24. The smallest absolute Gasteiger partial charge is 0.232 e. The third-order valence-corrected chi connectivity index (χ3v) is 5.92.